The molecule has 1 N–H and O–H groups in total. The van der Waals surface area contributed by atoms with Crippen LogP contribution < -0.4 is 4.90 Å². The molecule has 3 heterocycles. The molecule has 19 heavy (non-hydrogen) atoms. The van der Waals surface area contributed by atoms with Crippen molar-refractivity contribution in [3.63, 3.8) is 0 Å². The summed E-state index contributed by atoms with van der Waals surface area (Å²) in [6.07, 6.45) is 2.48. The largest absolute Gasteiger partial charge is 0.476 e. The van der Waals surface area contributed by atoms with Gasteiger partial charge in [-0.3, -0.25) is 4.90 Å². The molecule has 6 heteroatoms. The van der Waals surface area contributed by atoms with Crippen molar-refractivity contribution in [2.24, 2.45) is 0 Å². The first kappa shape index (κ1) is 12.7. The molecular weight excluding hydrogens is 266 g/mol. The molecule has 5 nitrogen and oxygen atoms in total. The van der Waals surface area contributed by atoms with Crippen LogP contribution in [0, 0.1) is 0 Å². The predicted octanol–water partition coefficient (Wildman–Crippen LogP) is 1.72. The van der Waals surface area contributed by atoms with Gasteiger partial charge in [-0.1, -0.05) is 11.6 Å². The maximum Gasteiger partial charge on any atom is 0.356 e. The van der Waals surface area contributed by atoms with Gasteiger partial charge in [0.2, 0.25) is 0 Å². The van der Waals surface area contributed by atoms with E-state index in [1.54, 1.807) is 12.1 Å². The Kier molecular flexibility index (Phi) is 3.33. The summed E-state index contributed by atoms with van der Waals surface area (Å²) in [5, 5.41) is 9.26. The van der Waals surface area contributed by atoms with Crippen molar-refractivity contribution in [3.8, 4) is 0 Å². The topological polar surface area (TPSA) is 56.7 Å². The van der Waals surface area contributed by atoms with Crippen LogP contribution in [0.15, 0.2) is 12.1 Å². The molecule has 2 saturated heterocycles. The Morgan fingerprint density at radius 3 is 3.00 bits per heavy atom. The normalized spacial score (nSPS) is 23.4. The molecule has 0 amide bonds. The molecule has 3 rings (SSSR count). The highest BCUT2D eigenvalue weighted by atomic mass is 35.5. The lowest BCUT2D eigenvalue weighted by Gasteiger charge is -2.38. The van der Waals surface area contributed by atoms with Gasteiger partial charge in [0, 0.05) is 25.7 Å². The summed E-state index contributed by atoms with van der Waals surface area (Å²) in [4.78, 5) is 19.9. The van der Waals surface area contributed by atoms with Crippen LogP contribution in [0.4, 0.5) is 5.82 Å². The smallest absolute Gasteiger partial charge is 0.356 e. The van der Waals surface area contributed by atoms with E-state index in [1.165, 1.54) is 19.4 Å². The number of halogens is 1. The number of hydrogen-bond donors (Lipinski definition) is 1. The third kappa shape index (κ3) is 2.40. The Balaban J connectivity index is 1.82. The molecule has 0 spiro atoms. The number of fused-ring (bicyclic) bond motifs is 1. The average Bonchev–Trinajstić information content (AvgIpc) is 2.86. The van der Waals surface area contributed by atoms with E-state index < -0.39 is 5.97 Å². The van der Waals surface area contributed by atoms with E-state index in [1.807, 2.05) is 0 Å². The number of piperazine rings is 1. The third-order valence-electron chi connectivity index (χ3n) is 3.95. The molecule has 0 bridgehead atoms. The molecule has 1 aromatic heterocycles. The van der Waals surface area contributed by atoms with Gasteiger partial charge in [0.1, 0.15) is 5.82 Å². The highest BCUT2D eigenvalue weighted by Crippen LogP contribution is 2.26. The Morgan fingerprint density at radius 1 is 1.37 bits per heavy atom. The van der Waals surface area contributed by atoms with Gasteiger partial charge in [-0.25, -0.2) is 9.78 Å². The minimum absolute atomic E-state index is 0.0620. The van der Waals surface area contributed by atoms with Gasteiger partial charge in [0.15, 0.2) is 5.69 Å². The molecular formula is C13H16ClN3O2. The molecule has 0 radical (unpaired) electrons. The summed E-state index contributed by atoms with van der Waals surface area (Å²) in [5.74, 6) is -0.361. The maximum atomic E-state index is 11.1. The number of carboxylic acid groups (broad SMARTS) is 1. The minimum Gasteiger partial charge on any atom is -0.476 e. The van der Waals surface area contributed by atoms with Crippen LogP contribution in [-0.2, 0) is 0 Å². The number of pyridine rings is 1. The SMILES string of the molecule is O=C(O)c1nc(N2CCN3CCCC3C2)ccc1Cl. The Labute approximate surface area is 116 Å². The van der Waals surface area contributed by atoms with Crippen molar-refractivity contribution >= 4 is 23.4 Å². The van der Waals surface area contributed by atoms with Crippen LogP contribution in [0.25, 0.3) is 0 Å². The Hall–Kier alpha value is -1.33. The lowest BCUT2D eigenvalue weighted by molar-refractivity contribution is 0.0691. The van der Waals surface area contributed by atoms with Crippen LogP contribution in [-0.4, -0.2) is 53.2 Å². The number of hydrogen-bond acceptors (Lipinski definition) is 4. The van der Waals surface area contributed by atoms with Crippen LogP contribution >= 0.6 is 11.6 Å². The van der Waals surface area contributed by atoms with Crippen LogP contribution in [0.2, 0.25) is 5.02 Å². The molecule has 1 aromatic rings. The summed E-state index contributed by atoms with van der Waals surface area (Å²) >= 11 is 5.85. The third-order valence-corrected chi connectivity index (χ3v) is 4.25. The van der Waals surface area contributed by atoms with Crippen LogP contribution in [0.3, 0.4) is 0 Å². The van der Waals surface area contributed by atoms with Crippen molar-refractivity contribution in [2.45, 2.75) is 18.9 Å². The van der Waals surface area contributed by atoms with Crippen molar-refractivity contribution in [3.05, 3.63) is 22.8 Å². The molecule has 1 atom stereocenters. The maximum absolute atomic E-state index is 11.1. The number of carboxylic acids is 1. The van der Waals surface area contributed by atoms with Gasteiger partial charge in [-0.2, -0.15) is 0 Å². The van der Waals surface area contributed by atoms with E-state index in [4.69, 9.17) is 16.7 Å². The number of carbonyl (C=O) groups is 1. The highest BCUT2D eigenvalue weighted by Gasteiger charge is 2.31. The summed E-state index contributed by atoms with van der Waals surface area (Å²) in [6, 6.07) is 4.01. The van der Waals surface area contributed by atoms with E-state index in [0.717, 1.165) is 19.6 Å². The molecule has 2 aliphatic rings. The van der Waals surface area contributed by atoms with Crippen LogP contribution in [0.5, 0.6) is 0 Å². The van der Waals surface area contributed by atoms with E-state index in [9.17, 15) is 4.79 Å². The molecule has 0 aliphatic carbocycles. The lowest BCUT2D eigenvalue weighted by Crippen LogP contribution is -2.50. The van der Waals surface area contributed by atoms with E-state index in [0.29, 0.717) is 11.9 Å². The minimum atomic E-state index is -1.08. The zero-order chi connectivity index (χ0) is 13.4. The molecule has 2 fully saturated rings. The van der Waals surface area contributed by atoms with Crippen molar-refractivity contribution < 1.29 is 9.90 Å². The molecule has 1 unspecified atom stereocenters. The fourth-order valence-electron chi connectivity index (χ4n) is 2.96. The lowest BCUT2D eigenvalue weighted by atomic mass is 10.1. The highest BCUT2D eigenvalue weighted by molar-refractivity contribution is 6.33. The van der Waals surface area contributed by atoms with Crippen molar-refractivity contribution in [2.75, 3.05) is 31.1 Å². The first-order valence-corrected chi connectivity index (χ1v) is 6.92. The van der Waals surface area contributed by atoms with Gasteiger partial charge < -0.3 is 10.0 Å². The number of aromatic carboxylic acids is 1. The first-order valence-electron chi connectivity index (χ1n) is 6.54. The first-order chi connectivity index (χ1) is 9.15. The quantitative estimate of drug-likeness (QED) is 0.894. The van der Waals surface area contributed by atoms with Crippen molar-refractivity contribution in [1.29, 1.82) is 0 Å². The van der Waals surface area contributed by atoms with E-state index >= 15 is 0 Å². The zero-order valence-electron chi connectivity index (χ0n) is 10.5. The summed E-state index contributed by atoms with van der Waals surface area (Å²) < 4.78 is 0. The fraction of sp³-hybridized carbons (Fsp3) is 0.538. The van der Waals surface area contributed by atoms with Crippen molar-refractivity contribution in [1.82, 2.24) is 9.88 Å². The molecule has 0 saturated carbocycles. The molecule has 2 aliphatic heterocycles. The monoisotopic (exact) mass is 281 g/mol. The number of aromatic nitrogens is 1. The second-order valence-corrected chi connectivity index (χ2v) is 5.49. The fourth-order valence-corrected chi connectivity index (χ4v) is 3.14. The predicted molar refractivity (Wildman–Crippen MR) is 73.0 cm³/mol. The summed E-state index contributed by atoms with van der Waals surface area (Å²) in [6.45, 7) is 4.03. The average molecular weight is 282 g/mol. The standard InChI is InChI=1S/C13H16ClN3O2/c14-10-3-4-11(15-12(10)13(18)19)17-7-6-16-5-1-2-9(16)8-17/h3-4,9H,1-2,5-8H2,(H,18,19). The van der Waals surface area contributed by atoms with E-state index in [2.05, 4.69) is 14.8 Å². The second kappa shape index (κ2) is 4.98. The Morgan fingerprint density at radius 2 is 2.21 bits per heavy atom. The Bertz CT molecular complexity index is 509. The number of anilines is 1. The van der Waals surface area contributed by atoms with Gasteiger partial charge in [0.25, 0.3) is 0 Å². The van der Waals surface area contributed by atoms with Gasteiger partial charge in [0.05, 0.1) is 5.02 Å². The summed E-state index contributed by atoms with van der Waals surface area (Å²) in [7, 11) is 0. The van der Waals surface area contributed by atoms with Gasteiger partial charge in [-0.05, 0) is 31.5 Å². The summed E-state index contributed by atoms with van der Waals surface area (Å²) in [5.41, 5.74) is -0.0620. The van der Waals surface area contributed by atoms with Gasteiger partial charge in [-0.15, -0.1) is 0 Å². The second-order valence-electron chi connectivity index (χ2n) is 5.08. The number of nitrogens with zero attached hydrogens (tertiary/aromatic N) is 3. The molecule has 102 valence electrons. The number of rotatable bonds is 2. The molecule has 0 aromatic carbocycles. The van der Waals surface area contributed by atoms with E-state index in [-0.39, 0.29) is 10.7 Å². The van der Waals surface area contributed by atoms with Gasteiger partial charge >= 0.3 is 5.97 Å². The van der Waals surface area contributed by atoms with Crippen LogP contribution in [0.1, 0.15) is 23.3 Å². The zero-order valence-corrected chi connectivity index (χ0v) is 11.3.